The van der Waals surface area contributed by atoms with Gasteiger partial charge in [0.2, 0.25) is 0 Å². The first-order valence-electron chi connectivity index (χ1n) is 6.66. The van der Waals surface area contributed by atoms with E-state index in [1.54, 1.807) is 6.20 Å². The number of nitrogens with one attached hydrogen (secondary N) is 1. The number of hydrogen-bond donors (Lipinski definition) is 1. The molecule has 0 aliphatic heterocycles. The van der Waals surface area contributed by atoms with Crippen molar-refractivity contribution in [1.82, 2.24) is 4.98 Å². The van der Waals surface area contributed by atoms with E-state index >= 15 is 0 Å². The first-order chi connectivity index (χ1) is 9.29. The average Bonchev–Trinajstić information content (AvgIpc) is 2.45. The molecule has 0 bridgehead atoms. The molecule has 0 saturated heterocycles. The number of hydrogen-bond acceptors (Lipinski definition) is 3. The third-order valence-electron chi connectivity index (χ3n) is 2.89. The molecule has 0 aliphatic rings. The maximum Gasteiger partial charge on any atom is 0.119 e. The summed E-state index contributed by atoms with van der Waals surface area (Å²) < 4.78 is 5.63. The van der Waals surface area contributed by atoms with E-state index in [1.165, 1.54) is 11.1 Å². The smallest absolute Gasteiger partial charge is 0.119 e. The van der Waals surface area contributed by atoms with Crippen molar-refractivity contribution < 1.29 is 4.74 Å². The fourth-order valence-corrected chi connectivity index (χ4v) is 1.81. The quantitative estimate of drug-likeness (QED) is 0.853. The van der Waals surface area contributed by atoms with E-state index in [2.05, 4.69) is 36.3 Å². The Morgan fingerprint density at radius 3 is 2.95 bits per heavy atom. The number of ether oxygens (including phenoxy) is 1. The van der Waals surface area contributed by atoms with E-state index in [0.29, 0.717) is 0 Å². The Morgan fingerprint density at radius 2 is 2.16 bits per heavy atom. The van der Waals surface area contributed by atoms with Crippen LogP contribution in [0.5, 0.6) is 5.75 Å². The minimum atomic E-state index is 0.762. The van der Waals surface area contributed by atoms with Crippen molar-refractivity contribution in [2.24, 2.45) is 0 Å². The summed E-state index contributed by atoms with van der Waals surface area (Å²) in [4.78, 5) is 4.13. The van der Waals surface area contributed by atoms with Crippen molar-refractivity contribution in [2.45, 2.75) is 26.8 Å². The molecule has 1 aromatic heterocycles. The summed E-state index contributed by atoms with van der Waals surface area (Å²) in [6.07, 6.45) is 4.68. The summed E-state index contributed by atoms with van der Waals surface area (Å²) in [6.45, 7) is 5.72. The van der Waals surface area contributed by atoms with Gasteiger partial charge < -0.3 is 10.1 Å². The molecular weight excluding hydrogens is 236 g/mol. The number of nitrogens with zero attached hydrogens (tertiary/aromatic N) is 1. The standard InChI is InChI=1S/C16H20N2O/c1-3-9-19-15-6-4-5-14(10-15)11-18-16-12-17-8-7-13(16)2/h4-8,10,12,18H,3,9,11H2,1-2H3. The molecule has 100 valence electrons. The lowest BCUT2D eigenvalue weighted by molar-refractivity contribution is 0.317. The Morgan fingerprint density at radius 1 is 1.26 bits per heavy atom. The van der Waals surface area contributed by atoms with Crippen LogP contribution >= 0.6 is 0 Å². The monoisotopic (exact) mass is 256 g/mol. The number of benzene rings is 1. The van der Waals surface area contributed by atoms with Gasteiger partial charge in [0.25, 0.3) is 0 Å². The molecule has 1 heterocycles. The molecule has 0 saturated carbocycles. The second-order valence-corrected chi connectivity index (χ2v) is 4.54. The summed E-state index contributed by atoms with van der Waals surface area (Å²) in [5, 5.41) is 3.39. The van der Waals surface area contributed by atoms with Crippen molar-refractivity contribution in [1.29, 1.82) is 0 Å². The number of aryl methyl sites for hydroxylation is 1. The molecule has 3 nitrogen and oxygen atoms in total. The van der Waals surface area contributed by atoms with Gasteiger partial charge in [-0.25, -0.2) is 0 Å². The highest BCUT2D eigenvalue weighted by Crippen LogP contribution is 2.16. The van der Waals surface area contributed by atoms with Crippen molar-refractivity contribution in [3.63, 3.8) is 0 Å². The van der Waals surface area contributed by atoms with Gasteiger partial charge in [0.1, 0.15) is 5.75 Å². The first-order valence-corrected chi connectivity index (χ1v) is 6.66. The number of anilines is 1. The first kappa shape index (κ1) is 13.4. The van der Waals surface area contributed by atoms with Gasteiger partial charge in [-0.15, -0.1) is 0 Å². The molecule has 0 unspecified atom stereocenters. The zero-order chi connectivity index (χ0) is 13.5. The summed E-state index contributed by atoms with van der Waals surface area (Å²) >= 11 is 0. The highest BCUT2D eigenvalue weighted by Gasteiger charge is 1.99. The van der Waals surface area contributed by atoms with Crippen molar-refractivity contribution in [3.8, 4) is 5.75 Å². The van der Waals surface area contributed by atoms with E-state index in [0.717, 1.165) is 31.0 Å². The molecule has 0 spiro atoms. The molecule has 2 rings (SSSR count). The summed E-state index contributed by atoms with van der Waals surface area (Å²) in [7, 11) is 0. The molecule has 0 radical (unpaired) electrons. The van der Waals surface area contributed by atoms with Crippen LogP contribution in [0.15, 0.2) is 42.7 Å². The van der Waals surface area contributed by atoms with Gasteiger partial charge in [-0.2, -0.15) is 0 Å². The molecular formula is C16H20N2O. The topological polar surface area (TPSA) is 34.1 Å². The molecule has 1 N–H and O–H groups in total. The molecule has 19 heavy (non-hydrogen) atoms. The molecule has 0 aliphatic carbocycles. The fourth-order valence-electron chi connectivity index (χ4n) is 1.81. The van der Waals surface area contributed by atoms with E-state index in [9.17, 15) is 0 Å². The lowest BCUT2D eigenvalue weighted by atomic mass is 10.2. The lowest BCUT2D eigenvalue weighted by Gasteiger charge is -2.10. The second kappa shape index (κ2) is 6.78. The van der Waals surface area contributed by atoms with Crippen LogP contribution in [-0.4, -0.2) is 11.6 Å². The Balaban J connectivity index is 1.98. The van der Waals surface area contributed by atoms with Crippen LogP contribution in [0, 0.1) is 6.92 Å². The predicted octanol–water partition coefficient (Wildman–Crippen LogP) is 3.79. The zero-order valence-corrected chi connectivity index (χ0v) is 11.5. The van der Waals surface area contributed by atoms with Crippen molar-refractivity contribution in [3.05, 3.63) is 53.9 Å². The van der Waals surface area contributed by atoms with E-state index in [-0.39, 0.29) is 0 Å². The van der Waals surface area contributed by atoms with Gasteiger partial charge >= 0.3 is 0 Å². The number of rotatable bonds is 6. The summed E-state index contributed by atoms with van der Waals surface area (Å²) in [6, 6.07) is 10.2. The Labute approximate surface area is 114 Å². The van der Waals surface area contributed by atoms with Crippen LogP contribution in [0.1, 0.15) is 24.5 Å². The maximum atomic E-state index is 5.63. The molecule has 0 fully saturated rings. The van der Waals surface area contributed by atoms with E-state index in [1.807, 2.05) is 24.4 Å². The predicted molar refractivity (Wildman–Crippen MR) is 78.5 cm³/mol. The minimum Gasteiger partial charge on any atom is -0.494 e. The van der Waals surface area contributed by atoms with Gasteiger partial charge in [-0.1, -0.05) is 19.1 Å². The Bertz CT molecular complexity index is 526. The SMILES string of the molecule is CCCOc1cccc(CNc2cnccc2C)c1. The van der Waals surface area contributed by atoms with Crippen molar-refractivity contribution >= 4 is 5.69 Å². The van der Waals surface area contributed by atoms with Crippen LogP contribution in [-0.2, 0) is 6.54 Å². The highest BCUT2D eigenvalue weighted by molar-refractivity contribution is 5.48. The van der Waals surface area contributed by atoms with Gasteiger partial charge in [-0.05, 0) is 42.7 Å². The molecule has 3 heteroatoms. The van der Waals surface area contributed by atoms with Crippen LogP contribution in [0.25, 0.3) is 0 Å². The fraction of sp³-hybridized carbons (Fsp3) is 0.312. The molecule has 2 aromatic rings. The minimum absolute atomic E-state index is 0.762. The largest absolute Gasteiger partial charge is 0.494 e. The summed E-state index contributed by atoms with van der Waals surface area (Å²) in [5.74, 6) is 0.934. The van der Waals surface area contributed by atoms with Crippen LogP contribution in [0.2, 0.25) is 0 Å². The van der Waals surface area contributed by atoms with E-state index < -0.39 is 0 Å². The van der Waals surface area contributed by atoms with Gasteiger partial charge in [0.05, 0.1) is 18.5 Å². The van der Waals surface area contributed by atoms with E-state index in [4.69, 9.17) is 4.74 Å². The normalized spacial score (nSPS) is 10.2. The lowest BCUT2D eigenvalue weighted by Crippen LogP contribution is -2.02. The average molecular weight is 256 g/mol. The summed E-state index contributed by atoms with van der Waals surface area (Å²) in [5.41, 5.74) is 3.48. The number of aromatic nitrogens is 1. The Hall–Kier alpha value is -2.03. The van der Waals surface area contributed by atoms with Gasteiger partial charge in [0.15, 0.2) is 0 Å². The third-order valence-corrected chi connectivity index (χ3v) is 2.89. The number of pyridine rings is 1. The van der Waals surface area contributed by atoms with Crippen LogP contribution in [0.3, 0.4) is 0 Å². The highest BCUT2D eigenvalue weighted by atomic mass is 16.5. The van der Waals surface area contributed by atoms with Crippen molar-refractivity contribution in [2.75, 3.05) is 11.9 Å². The van der Waals surface area contributed by atoms with Crippen LogP contribution in [0.4, 0.5) is 5.69 Å². The zero-order valence-electron chi connectivity index (χ0n) is 11.5. The van der Waals surface area contributed by atoms with Gasteiger partial charge in [0, 0.05) is 12.7 Å². The van der Waals surface area contributed by atoms with Gasteiger partial charge in [-0.3, -0.25) is 4.98 Å². The third kappa shape index (κ3) is 3.98. The maximum absolute atomic E-state index is 5.63. The Kier molecular flexibility index (Phi) is 4.78. The molecule has 0 atom stereocenters. The second-order valence-electron chi connectivity index (χ2n) is 4.54. The molecule has 1 aromatic carbocycles. The molecule has 0 amide bonds. The van der Waals surface area contributed by atoms with Crippen LogP contribution < -0.4 is 10.1 Å².